The van der Waals surface area contributed by atoms with Crippen LogP contribution in [0.4, 0.5) is 0 Å². The smallest absolute Gasteiger partial charge is 0.320 e. The average Bonchev–Trinajstić information content (AvgIpc) is 3.13. The zero-order valence-electron chi connectivity index (χ0n) is 17.8. The van der Waals surface area contributed by atoms with Crippen LogP contribution in [-0.2, 0) is 20.7 Å². The standard InChI is InChI=1S/C22H35N3O5/c1-16(26)30-21-10-13-25-20(21)15-17-6-8-18(9-7-17)29-14-4-12-24-19(22(27)28)5-2-3-11-23/h6-9,19-21,24-25H,2-5,10-15,23H2,1H3,(H,27,28)/t19-,20+,21?/m0/s1. The number of benzene rings is 1. The van der Waals surface area contributed by atoms with Crippen molar-refractivity contribution in [3.63, 3.8) is 0 Å². The number of carboxylic acid groups (broad SMARTS) is 1. The van der Waals surface area contributed by atoms with Crippen LogP contribution in [0, 0.1) is 0 Å². The van der Waals surface area contributed by atoms with E-state index in [1.807, 2.05) is 24.3 Å². The van der Waals surface area contributed by atoms with Crippen LogP contribution in [0.1, 0.15) is 44.6 Å². The maximum absolute atomic E-state index is 11.3. The number of carbonyl (C=O) groups is 2. The Morgan fingerprint density at radius 1 is 1.27 bits per heavy atom. The lowest BCUT2D eigenvalue weighted by molar-refractivity contribution is -0.146. The molecule has 1 aliphatic rings. The number of hydrogen-bond acceptors (Lipinski definition) is 7. The second-order valence-corrected chi connectivity index (χ2v) is 7.68. The molecule has 0 amide bonds. The Balaban J connectivity index is 1.67. The number of esters is 1. The van der Waals surface area contributed by atoms with E-state index in [2.05, 4.69) is 10.6 Å². The van der Waals surface area contributed by atoms with Crippen molar-refractivity contribution in [1.29, 1.82) is 0 Å². The number of nitrogens with one attached hydrogen (secondary N) is 2. The molecular weight excluding hydrogens is 386 g/mol. The average molecular weight is 422 g/mol. The van der Waals surface area contributed by atoms with E-state index >= 15 is 0 Å². The predicted octanol–water partition coefficient (Wildman–Crippen LogP) is 1.46. The molecule has 3 atom stereocenters. The summed E-state index contributed by atoms with van der Waals surface area (Å²) in [6.45, 7) is 3.99. The fourth-order valence-corrected chi connectivity index (χ4v) is 3.62. The van der Waals surface area contributed by atoms with Gasteiger partial charge in [-0.3, -0.25) is 9.59 Å². The van der Waals surface area contributed by atoms with Gasteiger partial charge in [-0.15, -0.1) is 0 Å². The molecule has 1 aromatic rings. The van der Waals surface area contributed by atoms with Gasteiger partial charge >= 0.3 is 11.9 Å². The van der Waals surface area contributed by atoms with Crippen molar-refractivity contribution >= 4 is 11.9 Å². The van der Waals surface area contributed by atoms with Crippen molar-refractivity contribution in [2.24, 2.45) is 5.73 Å². The highest BCUT2D eigenvalue weighted by Crippen LogP contribution is 2.19. The van der Waals surface area contributed by atoms with Gasteiger partial charge in [0.15, 0.2) is 0 Å². The van der Waals surface area contributed by atoms with Crippen LogP contribution in [0.2, 0.25) is 0 Å². The van der Waals surface area contributed by atoms with E-state index in [0.29, 0.717) is 26.1 Å². The van der Waals surface area contributed by atoms with Gasteiger partial charge in [-0.25, -0.2) is 0 Å². The minimum atomic E-state index is -0.823. The molecule has 1 saturated heterocycles. The van der Waals surface area contributed by atoms with E-state index in [1.165, 1.54) is 6.92 Å². The van der Waals surface area contributed by atoms with Gasteiger partial charge < -0.3 is 30.9 Å². The maximum atomic E-state index is 11.3. The van der Waals surface area contributed by atoms with Gasteiger partial charge in [-0.2, -0.15) is 0 Å². The minimum absolute atomic E-state index is 0.0733. The number of unbranched alkanes of at least 4 members (excludes halogenated alkanes) is 1. The highest BCUT2D eigenvalue weighted by Gasteiger charge is 2.29. The third kappa shape index (κ3) is 8.69. The van der Waals surface area contributed by atoms with Crippen LogP contribution >= 0.6 is 0 Å². The van der Waals surface area contributed by atoms with E-state index in [-0.39, 0.29) is 18.1 Å². The van der Waals surface area contributed by atoms with Crippen molar-refractivity contribution in [1.82, 2.24) is 10.6 Å². The summed E-state index contributed by atoms with van der Waals surface area (Å²) in [6, 6.07) is 7.53. The van der Waals surface area contributed by atoms with E-state index in [9.17, 15) is 14.7 Å². The molecule has 2 rings (SSSR count). The normalized spacial score (nSPS) is 19.4. The Labute approximate surface area is 178 Å². The lowest BCUT2D eigenvalue weighted by Gasteiger charge is -2.19. The number of carbonyl (C=O) groups excluding carboxylic acids is 1. The summed E-state index contributed by atoms with van der Waals surface area (Å²) >= 11 is 0. The summed E-state index contributed by atoms with van der Waals surface area (Å²) in [6.07, 6.45) is 4.52. The van der Waals surface area contributed by atoms with Crippen molar-refractivity contribution in [3.8, 4) is 5.75 Å². The highest BCUT2D eigenvalue weighted by atomic mass is 16.5. The van der Waals surface area contributed by atoms with E-state index in [4.69, 9.17) is 15.2 Å². The molecule has 1 unspecified atom stereocenters. The topological polar surface area (TPSA) is 123 Å². The van der Waals surface area contributed by atoms with Gasteiger partial charge in [0.05, 0.1) is 6.61 Å². The quantitative estimate of drug-likeness (QED) is 0.263. The van der Waals surface area contributed by atoms with Gasteiger partial charge in [-0.1, -0.05) is 18.6 Å². The Hall–Kier alpha value is -2.16. The van der Waals surface area contributed by atoms with Gasteiger partial charge in [0.1, 0.15) is 17.9 Å². The molecule has 168 valence electrons. The SMILES string of the molecule is CC(=O)OC1CCN[C@@H]1Cc1ccc(OCCCN[C@@H](CCCCN)C(=O)O)cc1. The number of nitrogens with two attached hydrogens (primary N) is 1. The maximum Gasteiger partial charge on any atom is 0.320 e. The molecule has 8 nitrogen and oxygen atoms in total. The summed E-state index contributed by atoms with van der Waals surface area (Å²) in [5.74, 6) is -0.277. The first-order valence-corrected chi connectivity index (χ1v) is 10.8. The molecule has 0 saturated carbocycles. The molecule has 30 heavy (non-hydrogen) atoms. The molecule has 8 heteroatoms. The van der Waals surface area contributed by atoms with Gasteiger partial charge in [0.2, 0.25) is 0 Å². The first kappa shape index (κ1) is 24.1. The van der Waals surface area contributed by atoms with Gasteiger partial charge in [-0.05, 0) is 69.4 Å². The van der Waals surface area contributed by atoms with Crippen LogP contribution in [0.15, 0.2) is 24.3 Å². The number of rotatable bonds is 14. The number of carboxylic acids is 1. The van der Waals surface area contributed by atoms with Gasteiger partial charge in [0.25, 0.3) is 0 Å². The molecule has 5 N–H and O–H groups in total. The fraction of sp³-hybridized carbons (Fsp3) is 0.636. The van der Waals surface area contributed by atoms with E-state index in [0.717, 1.165) is 50.0 Å². The Kier molecular flexibility index (Phi) is 10.6. The van der Waals surface area contributed by atoms with Crippen molar-refractivity contribution in [3.05, 3.63) is 29.8 Å². The summed E-state index contributed by atoms with van der Waals surface area (Å²) in [4.78, 5) is 22.5. The van der Waals surface area contributed by atoms with E-state index in [1.54, 1.807) is 0 Å². The van der Waals surface area contributed by atoms with Crippen LogP contribution in [-0.4, -0.2) is 61.5 Å². The zero-order valence-corrected chi connectivity index (χ0v) is 17.8. The second kappa shape index (κ2) is 13.2. The first-order chi connectivity index (χ1) is 14.5. The molecule has 1 heterocycles. The number of hydrogen-bond donors (Lipinski definition) is 4. The second-order valence-electron chi connectivity index (χ2n) is 7.68. The zero-order chi connectivity index (χ0) is 21.8. The number of ether oxygens (including phenoxy) is 2. The largest absolute Gasteiger partial charge is 0.494 e. The predicted molar refractivity (Wildman–Crippen MR) is 115 cm³/mol. The van der Waals surface area contributed by atoms with Gasteiger partial charge in [0, 0.05) is 13.0 Å². The van der Waals surface area contributed by atoms with Crippen LogP contribution in [0.5, 0.6) is 5.75 Å². The Morgan fingerprint density at radius 3 is 2.70 bits per heavy atom. The van der Waals surface area contributed by atoms with Crippen LogP contribution in [0.3, 0.4) is 0 Å². The lowest BCUT2D eigenvalue weighted by atomic mass is 10.0. The van der Waals surface area contributed by atoms with Crippen molar-refractivity contribution in [2.45, 2.75) is 63.6 Å². The molecule has 0 radical (unpaired) electrons. The molecule has 0 aromatic heterocycles. The van der Waals surface area contributed by atoms with Crippen molar-refractivity contribution in [2.75, 3.05) is 26.2 Å². The minimum Gasteiger partial charge on any atom is -0.494 e. The highest BCUT2D eigenvalue weighted by molar-refractivity contribution is 5.73. The summed E-state index contributed by atoms with van der Waals surface area (Å²) in [5.41, 5.74) is 6.61. The monoisotopic (exact) mass is 421 g/mol. The van der Waals surface area contributed by atoms with Crippen LogP contribution in [0.25, 0.3) is 0 Å². The molecule has 0 spiro atoms. The third-order valence-electron chi connectivity index (χ3n) is 5.21. The third-order valence-corrected chi connectivity index (χ3v) is 5.21. The molecule has 0 bridgehead atoms. The Morgan fingerprint density at radius 2 is 2.03 bits per heavy atom. The Bertz CT molecular complexity index is 653. The lowest BCUT2D eigenvalue weighted by Crippen LogP contribution is -2.37. The molecule has 1 fully saturated rings. The summed E-state index contributed by atoms with van der Waals surface area (Å²) in [7, 11) is 0. The molecule has 1 aromatic carbocycles. The molecule has 0 aliphatic carbocycles. The van der Waals surface area contributed by atoms with Crippen LogP contribution < -0.4 is 21.1 Å². The molecular formula is C22H35N3O5. The van der Waals surface area contributed by atoms with E-state index < -0.39 is 12.0 Å². The summed E-state index contributed by atoms with van der Waals surface area (Å²) < 4.78 is 11.1. The fourth-order valence-electron chi connectivity index (χ4n) is 3.62. The summed E-state index contributed by atoms with van der Waals surface area (Å²) in [5, 5.41) is 15.7. The van der Waals surface area contributed by atoms with Crippen molar-refractivity contribution < 1.29 is 24.2 Å². The number of aliphatic carboxylic acids is 1. The molecule has 1 aliphatic heterocycles. The first-order valence-electron chi connectivity index (χ1n) is 10.8.